The van der Waals surface area contributed by atoms with Crippen molar-refractivity contribution < 1.29 is 8.83 Å². The Morgan fingerprint density at radius 1 is 0.361 bits per heavy atom. The minimum absolute atomic E-state index is 0.503. The Balaban J connectivity index is 1.15. The maximum absolute atomic E-state index is 6.91. The molecule has 13 aromatic rings. The molecule has 0 bridgehead atoms. The summed E-state index contributed by atoms with van der Waals surface area (Å²) in [5, 5.41) is 8.65. The van der Waals surface area contributed by atoms with E-state index in [2.05, 4.69) is 150 Å². The van der Waals surface area contributed by atoms with Crippen molar-refractivity contribution in [3.8, 4) is 51.0 Å². The van der Waals surface area contributed by atoms with Crippen LogP contribution in [0.5, 0.6) is 0 Å². The highest BCUT2D eigenvalue weighted by Crippen LogP contribution is 2.44. The third-order valence-electron chi connectivity index (χ3n) is 12.1. The van der Waals surface area contributed by atoms with Gasteiger partial charge in [-0.3, -0.25) is 0 Å². The second-order valence-corrected chi connectivity index (χ2v) is 15.5. The Morgan fingerprint density at radius 2 is 0.984 bits per heavy atom. The first kappa shape index (κ1) is 33.6. The third kappa shape index (κ3) is 5.19. The van der Waals surface area contributed by atoms with Crippen molar-refractivity contribution >= 4 is 76.5 Å². The largest absolute Gasteiger partial charge is 0.456 e. The maximum Gasteiger partial charge on any atom is 0.170 e. The molecule has 0 aliphatic heterocycles. The van der Waals surface area contributed by atoms with Gasteiger partial charge in [0, 0.05) is 43.4 Å². The van der Waals surface area contributed by atoms with Crippen LogP contribution < -0.4 is 0 Å². The first-order chi connectivity index (χ1) is 30.2. The van der Waals surface area contributed by atoms with Gasteiger partial charge in [-0.2, -0.15) is 0 Å². The third-order valence-corrected chi connectivity index (χ3v) is 12.1. The molecular weight excluding hydrogens is 749 g/mol. The highest BCUT2D eigenvalue weighted by Gasteiger charge is 2.25. The molecule has 4 heterocycles. The molecule has 0 aliphatic rings. The summed E-state index contributed by atoms with van der Waals surface area (Å²) in [5.74, 6) is 1.59. The lowest BCUT2D eigenvalue weighted by Crippen LogP contribution is -2.04. The van der Waals surface area contributed by atoms with Crippen LogP contribution in [-0.4, -0.2) is 19.5 Å². The predicted octanol–water partition coefficient (Wildman–Crippen LogP) is 14.6. The number of para-hydroxylation sites is 3. The van der Waals surface area contributed by atoms with E-state index < -0.39 is 0 Å². The molecule has 284 valence electrons. The Kier molecular flexibility index (Phi) is 7.21. The molecule has 6 nitrogen and oxygen atoms in total. The summed E-state index contributed by atoms with van der Waals surface area (Å²) in [6.07, 6.45) is 0. The number of aromatic nitrogens is 4. The van der Waals surface area contributed by atoms with E-state index in [4.69, 9.17) is 23.8 Å². The molecule has 0 aliphatic carbocycles. The van der Waals surface area contributed by atoms with Gasteiger partial charge < -0.3 is 13.4 Å². The van der Waals surface area contributed by atoms with Crippen LogP contribution in [0, 0.1) is 0 Å². The van der Waals surface area contributed by atoms with Gasteiger partial charge in [-0.15, -0.1) is 0 Å². The first-order valence-corrected chi connectivity index (χ1v) is 20.4. The molecular formula is C55H32N4O2. The second kappa shape index (κ2) is 13.1. The number of furan rings is 2. The summed E-state index contributed by atoms with van der Waals surface area (Å²) in [4.78, 5) is 16.2. The van der Waals surface area contributed by atoms with E-state index in [9.17, 15) is 0 Å². The van der Waals surface area contributed by atoms with Gasteiger partial charge >= 0.3 is 0 Å². The number of hydrogen-bond donors (Lipinski definition) is 0. The molecule has 0 radical (unpaired) electrons. The summed E-state index contributed by atoms with van der Waals surface area (Å²) in [6.45, 7) is 0. The van der Waals surface area contributed by atoms with Crippen LogP contribution in [-0.2, 0) is 0 Å². The summed E-state index contributed by atoms with van der Waals surface area (Å²) < 4.78 is 15.6. The van der Waals surface area contributed by atoms with Crippen LogP contribution in [0.3, 0.4) is 0 Å². The van der Waals surface area contributed by atoms with Gasteiger partial charge in [-0.05, 0) is 70.4 Å². The molecule has 9 aromatic carbocycles. The van der Waals surface area contributed by atoms with Crippen LogP contribution in [0.2, 0.25) is 0 Å². The fourth-order valence-corrected chi connectivity index (χ4v) is 9.24. The van der Waals surface area contributed by atoms with Crippen molar-refractivity contribution in [2.24, 2.45) is 0 Å². The lowest BCUT2D eigenvalue weighted by Gasteiger charge is -2.15. The zero-order valence-electron chi connectivity index (χ0n) is 32.6. The second-order valence-electron chi connectivity index (χ2n) is 15.5. The minimum Gasteiger partial charge on any atom is -0.456 e. The number of hydrogen-bond acceptors (Lipinski definition) is 5. The van der Waals surface area contributed by atoms with Gasteiger partial charge in [0.1, 0.15) is 22.3 Å². The number of rotatable bonds is 5. The van der Waals surface area contributed by atoms with Crippen molar-refractivity contribution in [3.63, 3.8) is 0 Å². The number of nitrogens with zero attached hydrogens (tertiary/aromatic N) is 4. The normalized spacial score (nSPS) is 11.9. The molecule has 0 fully saturated rings. The lowest BCUT2D eigenvalue weighted by atomic mass is 10.0. The van der Waals surface area contributed by atoms with E-state index >= 15 is 0 Å². The first-order valence-electron chi connectivity index (χ1n) is 20.4. The molecule has 4 aromatic heterocycles. The molecule has 0 saturated carbocycles. The highest BCUT2D eigenvalue weighted by atomic mass is 16.3. The van der Waals surface area contributed by atoms with E-state index in [-0.39, 0.29) is 0 Å². The zero-order chi connectivity index (χ0) is 40.0. The number of fused-ring (bicyclic) bond motifs is 10. The van der Waals surface area contributed by atoms with Crippen LogP contribution in [0.25, 0.3) is 127 Å². The van der Waals surface area contributed by atoms with E-state index in [1.165, 1.54) is 10.8 Å². The SMILES string of the molecule is c1ccc(-c2ccc(-c3nc(-c4c(-n5c6ccccc6c6cc7ccccc7cc65)ccc5c4oc4ccccc45)nc(-c4cccc5oc6ccccc6c45)n3)cc2)cc1. The Labute approximate surface area is 348 Å². The Bertz CT molecular complexity index is 3880. The molecule has 0 amide bonds. The van der Waals surface area contributed by atoms with Gasteiger partial charge in [-0.25, -0.2) is 15.0 Å². The average molecular weight is 781 g/mol. The summed E-state index contributed by atoms with van der Waals surface area (Å²) in [5.41, 5.74) is 10.9. The summed E-state index contributed by atoms with van der Waals surface area (Å²) in [7, 11) is 0. The fraction of sp³-hybridized carbons (Fsp3) is 0. The van der Waals surface area contributed by atoms with Crippen LogP contribution in [0.4, 0.5) is 0 Å². The highest BCUT2D eigenvalue weighted by molar-refractivity contribution is 6.16. The van der Waals surface area contributed by atoms with E-state index in [0.717, 1.165) is 93.6 Å². The van der Waals surface area contributed by atoms with Gasteiger partial charge in [0.25, 0.3) is 0 Å². The minimum atomic E-state index is 0.503. The standard InChI is InChI=1S/C55H32N4O2/c1-2-13-33(14-3-1)34-25-27-35(28-26-34)53-56-54(42-20-12-24-49-50(42)41-19-8-11-23-48(41)60-49)58-55(57-53)51-45(30-29-40-39-18-7-10-22-47(39)61-52(40)51)59-44-21-9-6-17-38(44)43-31-36-15-4-5-16-37(36)32-46(43)59/h1-32H. The van der Waals surface area contributed by atoms with Crippen molar-refractivity contribution in [1.82, 2.24) is 19.5 Å². The molecule has 13 rings (SSSR count). The lowest BCUT2D eigenvalue weighted by molar-refractivity contribution is 0.668. The van der Waals surface area contributed by atoms with Gasteiger partial charge in [-0.1, -0.05) is 146 Å². The number of benzene rings is 9. The molecule has 61 heavy (non-hydrogen) atoms. The van der Waals surface area contributed by atoms with Gasteiger partial charge in [0.15, 0.2) is 17.5 Å². The quantitative estimate of drug-likeness (QED) is 0.174. The molecule has 6 heteroatoms. The molecule has 0 atom stereocenters. The molecule has 0 unspecified atom stereocenters. The monoisotopic (exact) mass is 780 g/mol. The van der Waals surface area contributed by atoms with Crippen LogP contribution >= 0.6 is 0 Å². The van der Waals surface area contributed by atoms with Crippen molar-refractivity contribution in [1.29, 1.82) is 0 Å². The van der Waals surface area contributed by atoms with Crippen LogP contribution in [0.1, 0.15) is 0 Å². The van der Waals surface area contributed by atoms with E-state index in [0.29, 0.717) is 23.1 Å². The van der Waals surface area contributed by atoms with Gasteiger partial charge in [0.05, 0.1) is 22.3 Å². The van der Waals surface area contributed by atoms with Crippen molar-refractivity contribution in [3.05, 3.63) is 194 Å². The predicted molar refractivity (Wildman–Crippen MR) is 248 cm³/mol. The Morgan fingerprint density at radius 3 is 1.82 bits per heavy atom. The maximum atomic E-state index is 6.91. The smallest absolute Gasteiger partial charge is 0.170 e. The topological polar surface area (TPSA) is 69.9 Å². The molecule has 0 saturated heterocycles. The summed E-state index contributed by atoms with van der Waals surface area (Å²) >= 11 is 0. The zero-order valence-corrected chi connectivity index (χ0v) is 32.6. The molecule has 0 spiro atoms. The fourth-order valence-electron chi connectivity index (χ4n) is 9.24. The van der Waals surface area contributed by atoms with Crippen molar-refractivity contribution in [2.75, 3.05) is 0 Å². The Hall–Kier alpha value is -8.35. The van der Waals surface area contributed by atoms with Gasteiger partial charge in [0.2, 0.25) is 0 Å². The van der Waals surface area contributed by atoms with E-state index in [1.807, 2.05) is 48.5 Å². The summed E-state index contributed by atoms with van der Waals surface area (Å²) in [6, 6.07) is 67.4. The van der Waals surface area contributed by atoms with E-state index in [1.54, 1.807) is 0 Å². The van der Waals surface area contributed by atoms with Crippen molar-refractivity contribution in [2.45, 2.75) is 0 Å². The molecule has 0 N–H and O–H groups in total. The average Bonchev–Trinajstić information content (AvgIpc) is 4.00. The van der Waals surface area contributed by atoms with Crippen LogP contribution in [0.15, 0.2) is 203 Å².